The van der Waals surface area contributed by atoms with E-state index in [1.165, 1.54) is 32.0 Å². The van der Waals surface area contributed by atoms with E-state index in [0.717, 1.165) is 12.8 Å². The lowest BCUT2D eigenvalue weighted by molar-refractivity contribution is -0.130. The van der Waals surface area contributed by atoms with Crippen LogP contribution in [0, 0.1) is 0 Å². The predicted molar refractivity (Wildman–Crippen MR) is 87.7 cm³/mol. The average Bonchev–Trinajstić information content (AvgIpc) is 2.48. The van der Waals surface area contributed by atoms with Crippen LogP contribution < -0.4 is 10.6 Å². The third-order valence-corrected chi connectivity index (χ3v) is 3.56. The standard InChI is InChI=1S/C17H20N2O5/c1-10(20)18-13-7-12(8-14(9-13)19-11(2)21)17(23)24-16-6-4-3-5-15(16)22/h7-9,16H,3-6H2,1-2H3,(H,18,20)(H,19,21)/t16-/m1/s1. The predicted octanol–water partition coefficient (Wildman–Crippen LogP) is 2.27. The van der Waals surface area contributed by atoms with Crippen molar-refractivity contribution in [3.8, 4) is 0 Å². The number of ether oxygens (including phenoxy) is 1. The molecule has 0 aromatic heterocycles. The number of esters is 1. The monoisotopic (exact) mass is 332 g/mol. The molecule has 1 aliphatic carbocycles. The number of anilines is 2. The molecule has 1 aliphatic rings. The second-order valence-corrected chi connectivity index (χ2v) is 5.77. The third kappa shape index (κ3) is 4.91. The number of hydrogen-bond donors (Lipinski definition) is 2. The van der Waals surface area contributed by atoms with Gasteiger partial charge in [-0.3, -0.25) is 14.4 Å². The van der Waals surface area contributed by atoms with Gasteiger partial charge in [-0.1, -0.05) is 0 Å². The van der Waals surface area contributed by atoms with E-state index < -0.39 is 12.1 Å². The summed E-state index contributed by atoms with van der Waals surface area (Å²) in [4.78, 5) is 46.6. The van der Waals surface area contributed by atoms with Crippen molar-refractivity contribution < 1.29 is 23.9 Å². The molecule has 7 heteroatoms. The van der Waals surface area contributed by atoms with E-state index in [4.69, 9.17) is 4.74 Å². The van der Waals surface area contributed by atoms with E-state index in [2.05, 4.69) is 10.6 Å². The summed E-state index contributed by atoms with van der Waals surface area (Å²) < 4.78 is 5.30. The van der Waals surface area contributed by atoms with Crippen LogP contribution in [-0.2, 0) is 19.1 Å². The summed E-state index contributed by atoms with van der Waals surface area (Å²) in [6, 6.07) is 4.43. The minimum absolute atomic E-state index is 0.0744. The van der Waals surface area contributed by atoms with Crippen molar-refractivity contribution in [2.45, 2.75) is 45.6 Å². The van der Waals surface area contributed by atoms with Crippen LogP contribution in [-0.4, -0.2) is 29.7 Å². The molecule has 7 nitrogen and oxygen atoms in total. The Morgan fingerprint density at radius 2 is 1.58 bits per heavy atom. The minimum atomic E-state index is -0.722. The molecule has 0 saturated heterocycles. The Labute approximate surface area is 139 Å². The summed E-state index contributed by atoms with van der Waals surface area (Å²) in [5.41, 5.74) is 0.870. The molecule has 128 valence electrons. The zero-order valence-corrected chi connectivity index (χ0v) is 13.7. The van der Waals surface area contributed by atoms with E-state index in [1.807, 2.05) is 0 Å². The number of benzene rings is 1. The number of Topliss-reactive ketones (excluding diaryl/α,β-unsaturated/α-hetero) is 1. The summed E-state index contributed by atoms with van der Waals surface area (Å²) in [5, 5.41) is 5.12. The van der Waals surface area contributed by atoms with Gasteiger partial charge in [0, 0.05) is 31.6 Å². The SMILES string of the molecule is CC(=O)Nc1cc(NC(C)=O)cc(C(=O)O[C@@H]2CCCCC2=O)c1. The van der Waals surface area contributed by atoms with Gasteiger partial charge in [0.1, 0.15) is 0 Å². The van der Waals surface area contributed by atoms with Crippen LogP contribution in [0.2, 0.25) is 0 Å². The number of carbonyl (C=O) groups is 4. The molecule has 1 saturated carbocycles. The van der Waals surface area contributed by atoms with Gasteiger partial charge in [0.2, 0.25) is 11.8 Å². The van der Waals surface area contributed by atoms with Crippen molar-refractivity contribution in [3.63, 3.8) is 0 Å². The number of amides is 2. The van der Waals surface area contributed by atoms with Crippen molar-refractivity contribution in [2.75, 3.05) is 10.6 Å². The van der Waals surface area contributed by atoms with Crippen LogP contribution in [0.4, 0.5) is 11.4 Å². The molecule has 0 spiro atoms. The summed E-state index contributed by atoms with van der Waals surface area (Å²) >= 11 is 0. The zero-order chi connectivity index (χ0) is 17.7. The summed E-state index contributed by atoms with van der Waals surface area (Å²) in [6.45, 7) is 2.67. The summed E-state index contributed by atoms with van der Waals surface area (Å²) in [6.07, 6.45) is 1.87. The molecule has 1 aromatic carbocycles. The Kier molecular flexibility index (Phi) is 5.68. The smallest absolute Gasteiger partial charge is 0.338 e. The van der Waals surface area contributed by atoms with Crippen LogP contribution >= 0.6 is 0 Å². The summed E-state index contributed by atoms with van der Waals surface area (Å²) in [5.74, 6) is -1.35. The summed E-state index contributed by atoms with van der Waals surface area (Å²) in [7, 11) is 0. The molecule has 0 radical (unpaired) electrons. The Morgan fingerprint density at radius 1 is 1.00 bits per heavy atom. The van der Waals surface area contributed by atoms with Crippen LogP contribution in [0.1, 0.15) is 49.9 Å². The minimum Gasteiger partial charge on any atom is -0.451 e. The van der Waals surface area contributed by atoms with Crippen LogP contribution in [0.3, 0.4) is 0 Å². The number of carbonyl (C=O) groups excluding carboxylic acids is 4. The lowest BCUT2D eigenvalue weighted by atomic mass is 9.96. The Bertz CT molecular complexity index is 649. The third-order valence-electron chi connectivity index (χ3n) is 3.56. The highest BCUT2D eigenvalue weighted by Crippen LogP contribution is 2.23. The van der Waals surface area contributed by atoms with Gasteiger partial charge in [-0.05, 0) is 37.5 Å². The van der Waals surface area contributed by atoms with Gasteiger partial charge < -0.3 is 15.4 Å². The lowest BCUT2D eigenvalue weighted by Gasteiger charge is -2.21. The van der Waals surface area contributed by atoms with Gasteiger partial charge in [-0.15, -0.1) is 0 Å². The maximum atomic E-state index is 12.3. The van der Waals surface area contributed by atoms with Gasteiger partial charge in [-0.2, -0.15) is 0 Å². The number of hydrogen-bond acceptors (Lipinski definition) is 5. The fraction of sp³-hybridized carbons (Fsp3) is 0.412. The van der Waals surface area contributed by atoms with E-state index >= 15 is 0 Å². The van der Waals surface area contributed by atoms with E-state index in [0.29, 0.717) is 24.2 Å². The first-order valence-electron chi connectivity index (χ1n) is 7.79. The number of ketones is 1. The van der Waals surface area contributed by atoms with Crippen LogP contribution in [0.25, 0.3) is 0 Å². The van der Waals surface area contributed by atoms with Gasteiger partial charge in [0.05, 0.1) is 5.56 Å². The molecule has 0 unspecified atom stereocenters. The fourth-order valence-electron chi connectivity index (χ4n) is 2.57. The molecule has 0 bridgehead atoms. The van der Waals surface area contributed by atoms with Crippen LogP contribution in [0.15, 0.2) is 18.2 Å². The Morgan fingerprint density at radius 3 is 2.08 bits per heavy atom. The van der Waals surface area contributed by atoms with Gasteiger partial charge in [0.25, 0.3) is 0 Å². The first kappa shape index (κ1) is 17.7. The van der Waals surface area contributed by atoms with Crippen molar-refractivity contribution in [3.05, 3.63) is 23.8 Å². The molecule has 2 N–H and O–H groups in total. The molecule has 0 aliphatic heterocycles. The maximum absolute atomic E-state index is 12.3. The number of rotatable bonds is 4. The zero-order valence-electron chi connectivity index (χ0n) is 13.7. The first-order valence-corrected chi connectivity index (χ1v) is 7.79. The topological polar surface area (TPSA) is 102 Å². The second-order valence-electron chi connectivity index (χ2n) is 5.77. The molecule has 0 heterocycles. The van der Waals surface area contributed by atoms with Crippen molar-refractivity contribution in [1.29, 1.82) is 0 Å². The Balaban J connectivity index is 2.22. The fourth-order valence-corrected chi connectivity index (χ4v) is 2.57. The van der Waals surface area contributed by atoms with Crippen LogP contribution in [0.5, 0.6) is 0 Å². The highest BCUT2D eigenvalue weighted by Gasteiger charge is 2.26. The molecular weight excluding hydrogens is 312 g/mol. The molecule has 1 fully saturated rings. The van der Waals surface area contributed by atoms with Gasteiger partial charge in [-0.25, -0.2) is 4.79 Å². The highest BCUT2D eigenvalue weighted by molar-refractivity contribution is 5.98. The second kappa shape index (κ2) is 7.72. The molecule has 1 aromatic rings. The first-order chi connectivity index (χ1) is 11.3. The van der Waals surface area contributed by atoms with Gasteiger partial charge in [0.15, 0.2) is 11.9 Å². The molecule has 2 rings (SSSR count). The lowest BCUT2D eigenvalue weighted by Crippen LogP contribution is -2.30. The maximum Gasteiger partial charge on any atom is 0.338 e. The molecular formula is C17H20N2O5. The average molecular weight is 332 g/mol. The largest absolute Gasteiger partial charge is 0.451 e. The molecule has 1 atom stereocenters. The van der Waals surface area contributed by atoms with Crippen molar-refractivity contribution in [1.82, 2.24) is 0 Å². The molecule has 2 amide bonds. The highest BCUT2D eigenvalue weighted by atomic mass is 16.5. The van der Waals surface area contributed by atoms with E-state index in [1.54, 1.807) is 0 Å². The van der Waals surface area contributed by atoms with E-state index in [9.17, 15) is 19.2 Å². The van der Waals surface area contributed by atoms with Crippen molar-refractivity contribution in [2.24, 2.45) is 0 Å². The van der Waals surface area contributed by atoms with E-state index in [-0.39, 0.29) is 23.2 Å². The Hall–Kier alpha value is -2.70. The van der Waals surface area contributed by atoms with Crippen molar-refractivity contribution >= 4 is 34.9 Å². The normalized spacial score (nSPS) is 17.1. The quantitative estimate of drug-likeness (QED) is 0.824. The number of nitrogens with one attached hydrogen (secondary N) is 2. The van der Waals surface area contributed by atoms with Gasteiger partial charge >= 0.3 is 5.97 Å². The molecule has 24 heavy (non-hydrogen) atoms.